The van der Waals surface area contributed by atoms with Crippen molar-refractivity contribution >= 4 is 38.8 Å². The van der Waals surface area contributed by atoms with Crippen molar-refractivity contribution in [3.05, 3.63) is 51.7 Å². The Morgan fingerprint density at radius 1 is 1.32 bits per heavy atom. The smallest absolute Gasteiger partial charge is 0.251 e. The maximum absolute atomic E-state index is 12.2. The number of hydrogen-bond donors (Lipinski definition) is 1. The lowest BCUT2D eigenvalue weighted by molar-refractivity contribution is 0.0940. The number of rotatable bonds is 3. The van der Waals surface area contributed by atoms with E-state index < -0.39 is 0 Å². The highest BCUT2D eigenvalue weighted by Crippen LogP contribution is 2.21. The van der Waals surface area contributed by atoms with E-state index in [1.807, 2.05) is 42.6 Å². The summed E-state index contributed by atoms with van der Waals surface area (Å²) >= 11 is 3.20. The highest BCUT2D eigenvalue weighted by atomic mass is 32.1. The van der Waals surface area contributed by atoms with Gasteiger partial charge in [-0.05, 0) is 36.6 Å². The zero-order chi connectivity index (χ0) is 13.2. The molecule has 3 aromatic rings. The third-order valence-electron chi connectivity index (χ3n) is 2.91. The third kappa shape index (κ3) is 2.52. The van der Waals surface area contributed by atoms with E-state index in [2.05, 4.69) is 10.3 Å². The Kier molecular flexibility index (Phi) is 3.31. The second-order valence-electron chi connectivity index (χ2n) is 4.25. The summed E-state index contributed by atoms with van der Waals surface area (Å²) in [5.74, 6) is -0.0452. The molecule has 0 radical (unpaired) electrons. The molecule has 0 spiro atoms. The average molecular weight is 288 g/mol. The number of nitrogens with one attached hydrogen (secondary N) is 1. The van der Waals surface area contributed by atoms with Gasteiger partial charge in [-0.3, -0.25) is 4.79 Å². The number of fused-ring (bicyclic) bond motifs is 1. The number of hydrogen-bond acceptors (Lipinski definition) is 4. The van der Waals surface area contributed by atoms with E-state index in [1.165, 1.54) is 0 Å². The Balaban J connectivity index is 1.79. The molecule has 1 aromatic carbocycles. The molecular weight excluding hydrogens is 276 g/mol. The molecule has 3 nitrogen and oxygen atoms in total. The van der Waals surface area contributed by atoms with Crippen LogP contribution in [0.4, 0.5) is 0 Å². The molecule has 2 aromatic heterocycles. The summed E-state index contributed by atoms with van der Waals surface area (Å²) in [6, 6.07) is 9.65. The largest absolute Gasteiger partial charge is 0.345 e. The molecule has 0 saturated carbocycles. The van der Waals surface area contributed by atoms with E-state index in [0.717, 1.165) is 15.1 Å². The summed E-state index contributed by atoms with van der Waals surface area (Å²) in [5.41, 5.74) is 3.41. The van der Waals surface area contributed by atoms with Crippen LogP contribution >= 0.6 is 22.7 Å². The van der Waals surface area contributed by atoms with Crippen LogP contribution in [0.15, 0.2) is 41.2 Å². The van der Waals surface area contributed by atoms with Gasteiger partial charge in [-0.15, -0.1) is 22.7 Å². The second kappa shape index (κ2) is 5.11. The lowest BCUT2D eigenvalue weighted by Gasteiger charge is -2.12. The number of carbonyl (C=O) groups excluding carboxylic acids is 1. The fraction of sp³-hybridized carbons (Fsp3) is 0.143. The SMILES string of the molecule is C[C@@H](NC(=O)c1ccc2ncsc2c1)c1cccs1. The normalized spacial score (nSPS) is 12.5. The van der Waals surface area contributed by atoms with Gasteiger partial charge in [0.05, 0.1) is 21.8 Å². The summed E-state index contributed by atoms with van der Waals surface area (Å²) in [6.45, 7) is 2.00. The standard InChI is InChI=1S/C14H12N2OS2/c1-9(12-3-2-6-18-12)16-14(17)10-4-5-11-13(7-10)19-8-15-11/h2-9H,1H3,(H,16,17)/t9-/m1/s1. The van der Waals surface area contributed by atoms with Crippen molar-refractivity contribution in [3.63, 3.8) is 0 Å². The van der Waals surface area contributed by atoms with Crippen LogP contribution in [0.2, 0.25) is 0 Å². The Bertz CT molecular complexity index is 703. The van der Waals surface area contributed by atoms with Crippen molar-refractivity contribution in [3.8, 4) is 0 Å². The fourth-order valence-electron chi connectivity index (χ4n) is 1.89. The van der Waals surface area contributed by atoms with Crippen molar-refractivity contribution in [2.45, 2.75) is 13.0 Å². The number of aromatic nitrogens is 1. The molecule has 96 valence electrons. The summed E-state index contributed by atoms with van der Waals surface area (Å²) in [4.78, 5) is 17.6. The number of thiophene rings is 1. The summed E-state index contributed by atoms with van der Waals surface area (Å²) in [7, 11) is 0. The first-order valence-electron chi connectivity index (χ1n) is 5.91. The van der Waals surface area contributed by atoms with Gasteiger partial charge in [-0.1, -0.05) is 6.07 Å². The lowest BCUT2D eigenvalue weighted by Crippen LogP contribution is -2.25. The maximum atomic E-state index is 12.2. The average Bonchev–Trinajstić information content (AvgIpc) is 3.09. The van der Waals surface area contributed by atoms with E-state index in [4.69, 9.17) is 0 Å². The zero-order valence-electron chi connectivity index (χ0n) is 10.3. The molecule has 0 fully saturated rings. The van der Waals surface area contributed by atoms with Crippen LogP contribution in [-0.4, -0.2) is 10.9 Å². The lowest BCUT2D eigenvalue weighted by atomic mass is 10.2. The predicted octanol–water partition coefficient (Wildman–Crippen LogP) is 3.85. The summed E-state index contributed by atoms with van der Waals surface area (Å²) in [6.07, 6.45) is 0. The number of benzene rings is 1. The Morgan fingerprint density at radius 3 is 3.00 bits per heavy atom. The molecule has 0 unspecified atom stereocenters. The van der Waals surface area contributed by atoms with Crippen LogP contribution in [0, 0.1) is 0 Å². The van der Waals surface area contributed by atoms with E-state index in [1.54, 1.807) is 28.2 Å². The van der Waals surface area contributed by atoms with Crippen molar-refractivity contribution in [1.29, 1.82) is 0 Å². The topological polar surface area (TPSA) is 42.0 Å². The Hall–Kier alpha value is -1.72. The molecule has 0 aliphatic carbocycles. The number of carbonyl (C=O) groups is 1. The highest BCUT2D eigenvalue weighted by Gasteiger charge is 2.12. The number of amides is 1. The molecule has 3 rings (SSSR count). The maximum Gasteiger partial charge on any atom is 0.251 e. The van der Waals surface area contributed by atoms with Crippen LogP contribution in [0.1, 0.15) is 28.2 Å². The number of thiazole rings is 1. The van der Waals surface area contributed by atoms with Gasteiger partial charge in [0.15, 0.2) is 0 Å². The van der Waals surface area contributed by atoms with Gasteiger partial charge in [-0.25, -0.2) is 4.98 Å². The first kappa shape index (κ1) is 12.3. The van der Waals surface area contributed by atoms with Gasteiger partial charge in [-0.2, -0.15) is 0 Å². The molecule has 0 bridgehead atoms. The van der Waals surface area contributed by atoms with Crippen LogP contribution in [0.25, 0.3) is 10.2 Å². The minimum atomic E-state index is -0.0452. The number of nitrogens with zero attached hydrogens (tertiary/aromatic N) is 1. The summed E-state index contributed by atoms with van der Waals surface area (Å²) in [5, 5.41) is 5.03. The second-order valence-corrected chi connectivity index (χ2v) is 6.11. The molecular formula is C14H12N2OS2. The molecule has 2 heterocycles. The van der Waals surface area contributed by atoms with Crippen LogP contribution < -0.4 is 5.32 Å². The molecule has 1 atom stereocenters. The van der Waals surface area contributed by atoms with E-state index >= 15 is 0 Å². The molecule has 0 aliphatic rings. The summed E-state index contributed by atoms with van der Waals surface area (Å²) < 4.78 is 1.04. The molecule has 1 amide bonds. The fourth-order valence-corrected chi connectivity index (χ4v) is 3.34. The minimum absolute atomic E-state index is 0.0321. The molecule has 19 heavy (non-hydrogen) atoms. The van der Waals surface area contributed by atoms with Crippen LogP contribution in [-0.2, 0) is 0 Å². The van der Waals surface area contributed by atoms with Crippen molar-refractivity contribution in [2.75, 3.05) is 0 Å². The first-order valence-corrected chi connectivity index (χ1v) is 7.67. The molecule has 0 aliphatic heterocycles. The van der Waals surface area contributed by atoms with Gasteiger partial charge in [0, 0.05) is 10.4 Å². The highest BCUT2D eigenvalue weighted by molar-refractivity contribution is 7.16. The third-order valence-corrected chi connectivity index (χ3v) is 4.76. The van der Waals surface area contributed by atoms with Crippen molar-refractivity contribution in [2.24, 2.45) is 0 Å². The molecule has 5 heteroatoms. The van der Waals surface area contributed by atoms with Gasteiger partial charge < -0.3 is 5.32 Å². The van der Waals surface area contributed by atoms with Gasteiger partial charge in [0.25, 0.3) is 5.91 Å². The van der Waals surface area contributed by atoms with E-state index in [-0.39, 0.29) is 11.9 Å². The minimum Gasteiger partial charge on any atom is -0.345 e. The van der Waals surface area contributed by atoms with E-state index in [0.29, 0.717) is 5.56 Å². The van der Waals surface area contributed by atoms with Gasteiger partial charge >= 0.3 is 0 Å². The van der Waals surface area contributed by atoms with Crippen molar-refractivity contribution in [1.82, 2.24) is 10.3 Å². The van der Waals surface area contributed by atoms with Gasteiger partial charge in [0.2, 0.25) is 0 Å². The van der Waals surface area contributed by atoms with Gasteiger partial charge in [0.1, 0.15) is 0 Å². The zero-order valence-corrected chi connectivity index (χ0v) is 11.9. The monoisotopic (exact) mass is 288 g/mol. The predicted molar refractivity (Wildman–Crippen MR) is 79.8 cm³/mol. The molecule has 1 N–H and O–H groups in total. The van der Waals surface area contributed by atoms with Crippen LogP contribution in [0.5, 0.6) is 0 Å². The van der Waals surface area contributed by atoms with E-state index in [9.17, 15) is 4.79 Å². The molecule has 0 saturated heterocycles. The Morgan fingerprint density at radius 2 is 2.21 bits per heavy atom. The Labute approximate surface area is 118 Å². The van der Waals surface area contributed by atoms with Crippen LogP contribution in [0.3, 0.4) is 0 Å². The van der Waals surface area contributed by atoms with Crippen molar-refractivity contribution < 1.29 is 4.79 Å². The quantitative estimate of drug-likeness (QED) is 0.795. The first-order chi connectivity index (χ1) is 9.24.